The Labute approximate surface area is 216 Å². The molecular weight excluding hydrogens is 458 g/mol. The summed E-state index contributed by atoms with van der Waals surface area (Å²) in [5.74, 6) is 0.940. The minimum Gasteiger partial charge on any atom is -0.399 e. The number of hydrogen-bond acceptors (Lipinski definition) is 5. The Bertz CT molecular complexity index is 1590. The highest BCUT2D eigenvalue weighted by Crippen LogP contribution is 2.35. The molecule has 0 saturated carbocycles. The summed E-state index contributed by atoms with van der Waals surface area (Å²) in [5.41, 5.74) is 12.8. The van der Waals surface area contributed by atoms with Crippen molar-refractivity contribution < 1.29 is 9.37 Å². The first-order chi connectivity index (χ1) is 17.9. The topological polar surface area (TPSA) is 84.2 Å². The Balaban J connectivity index is 1.38. The predicted molar refractivity (Wildman–Crippen MR) is 147 cm³/mol. The molecule has 1 unspecified atom stereocenters. The Morgan fingerprint density at radius 3 is 2.43 bits per heavy atom. The number of aromatic nitrogens is 2. The van der Waals surface area contributed by atoms with E-state index in [2.05, 4.69) is 30.5 Å². The fourth-order valence-electron chi connectivity index (χ4n) is 4.95. The van der Waals surface area contributed by atoms with Crippen LogP contribution in [0.25, 0.3) is 22.5 Å². The van der Waals surface area contributed by atoms with Gasteiger partial charge in [0.1, 0.15) is 5.69 Å². The van der Waals surface area contributed by atoms with Crippen LogP contribution in [0.15, 0.2) is 83.9 Å². The van der Waals surface area contributed by atoms with Crippen LogP contribution >= 0.6 is 0 Å². The highest BCUT2D eigenvalue weighted by Gasteiger charge is 2.36. The van der Waals surface area contributed by atoms with Crippen LogP contribution in [0.2, 0.25) is 0 Å². The molecule has 0 spiro atoms. The molecule has 1 aliphatic carbocycles. The van der Waals surface area contributed by atoms with Gasteiger partial charge in [-0.3, -0.25) is 4.79 Å². The molecular formula is C31H28N5O+. The number of rotatable bonds is 4. The van der Waals surface area contributed by atoms with Gasteiger partial charge < -0.3 is 5.73 Å². The molecule has 1 aliphatic heterocycles. The lowest BCUT2D eigenvalue weighted by Gasteiger charge is -2.27. The lowest BCUT2D eigenvalue weighted by Crippen LogP contribution is -2.31. The van der Waals surface area contributed by atoms with E-state index in [1.165, 1.54) is 0 Å². The average Bonchev–Trinajstić information content (AvgIpc) is 3.42. The molecule has 37 heavy (non-hydrogen) atoms. The number of fused-ring (bicyclic) bond motifs is 1. The van der Waals surface area contributed by atoms with Crippen LogP contribution in [0.4, 0.5) is 11.5 Å². The normalized spacial score (nSPS) is 17.9. The lowest BCUT2D eigenvalue weighted by molar-refractivity contribution is -0.291. The minimum atomic E-state index is -0.332. The third-order valence-corrected chi connectivity index (χ3v) is 7.16. The second-order valence-corrected chi connectivity index (χ2v) is 10.3. The summed E-state index contributed by atoms with van der Waals surface area (Å²) < 4.78 is 1.94. The molecule has 0 amide bonds. The number of pyridine rings is 2. The molecule has 0 fully saturated rings. The molecule has 6 nitrogen and oxygen atoms in total. The molecule has 2 N–H and O–H groups in total. The molecule has 2 aromatic carbocycles. The number of nitrogens with two attached hydrogens (primary N) is 1. The number of aliphatic imine (C=N–C) groups is 1. The largest absolute Gasteiger partial charge is 0.399 e. The van der Waals surface area contributed by atoms with Crippen molar-refractivity contribution in [2.45, 2.75) is 32.7 Å². The van der Waals surface area contributed by atoms with E-state index in [4.69, 9.17) is 20.7 Å². The average molecular weight is 487 g/mol. The number of nitrogen functional groups attached to an aromatic ring is 1. The molecule has 3 heterocycles. The Morgan fingerprint density at radius 2 is 1.65 bits per heavy atom. The fraction of sp³-hybridized carbons (Fsp3) is 0.194. The molecule has 2 aliphatic rings. The zero-order valence-corrected chi connectivity index (χ0v) is 20.9. The summed E-state index contributed by atoms with van der Waals surface area (Å²) >= 11 is 0. The third kappa shape index (κ3) is 4.35. The molecule has 6 heteroatoms. The minimum absolute atomic E-state index is 0.170. The van der Waals surface area contributed by atoms with Crippen LogP contribution in [-0.4, -0.2) is 32.9 Å². The zero-order chi connectivity index (χ0) is 25.6. The lowest BCUT2D eigenvalue weighted by atomic mass is 9.75. The molecule has 1 atom stereocenters. The first kappa shape index (κ1) is 23.0. The van der Waals surface area contributed by atoms with Crippen molar-refractivity contribution in [3.63, 3.8) is 0 Å². The number of ketones is 1. The number of carbonyl (C=O) groups excluding carboxylic acids is 1. The smallest absolute Gasteiger partial charge is 0.266 e. The number of Topliss-reactive ketones (excluding diaryl/α,β-unsaturated/α-hetero) is 1. The van der Waals surface area contributed by atoms with Crippen molar-refractivity contribution in [1.82, 2.24) is 9.97 Å². The van der Waals surface area contributed by atoms with Crippen LogP contribution < -0.4 is 5.73 Å². The van der Waals surface area contributed by atoms with Crippen molar-refractivity contribution in [1.29, 1.82) is 0 Å². The Hall–Kier alpha value is -4.45. The molecule has 0 bridgehead atoms. The number of carbonyl (C=O) groups is 1. The molecule has 2 aromatic heterocycles. The third-order valence-electron chi connectivity index (χ3n) is 7.16. The van der Waals surface area contributed by atoms with Gasteiger partial charge in [-0.1, -0.05) is 56.3 Å². The van der Waals surface area contributed by atoms with Crippen molar-refractivity contribution in [2.24, 2.45) is 10.4 Å². The maximum Gasteiger partial charge on any atom is 0.266 e. The fourth-order valence-corrected chi connectivity index (χ4v) is 4.95. The quantitative estimate of drug-likeness (QED) is 0.281. The van der Waals surface area contributed by atoms with Crippen molar-refractivity contribution >= 4 is 29.8 Å². The molecule has 0 radical (unpaired) electrons. The van der Waals surface area contributed by atoms with E-state index in [1.807, 2.05) is 73.0 Å². The Morgan fingerprint density at radius 1 is 0.892 bits per heavy atom. The standard InChI is InChI=1S/C31H28N5O/c1-31(2)14-13-25-24(30(31)37)11-12-29(35-25)36-18-28(33-19-36)22-16-26(20-7-4-3-5-8-20)34-27(17-22)21-9-6-10-23(32)15-21/h3-12,15-19,28H,13-14,32H2,1-2H3/q+1. The van der Waals surface area contributed by atoms with Gasteiger partial charge >= 0.3 is 0 Å². The molecule has 0 saturated heterocycles. The number of aryl methyl sites for hydroxylation is 1. The van der Waals surface area contributed by atoms with Crippen LogP contribution in [-0.2, 0) is 6.42 Å². The zero-order valence-electron chi connectivity index (χ0n) is 20.9. The van der Waals surface area contributed by atoms with Gasteiger partial charge in [0, 0.05) is 40.3 Å². The van der Waals surface area contributed by atoms with Crippen LogP contribution in [0.1, 0.15) is 47.9 Å². The first-order valence-electron chi connectivity index (χ1n) is 12.5. The van der Waals surface area contributed by atoms with Crippen LogP contribution in [0.5, 0.6) is 0 Å². The van der Waals surface area contributed by atoms with Crippen molar-refractivity contribution in [3.05, 3.63) is 95.7 Å². The van der Waals surface area contributed by atoms with Gasteiger partial charge in [-0.15, -0.1) is 9.98 Å². The second kappa shape index (κ2) is 8.89. The maximum atomic E-state index is 12.8. The van der Waals surface area contributed by atoms with Crippen LogP contribution in [0.3, 0.4) is 0 Å². The molecule has 4 aromatic rings. The summed E-state index contributed by atoms with van der Waals surface area (Å²) in [6, 6.07) is 25.7. The molecule has 182 valence electrons. The van der Waals surface area contributed by atoms with Gasteiger partial charge in [0.25, 0.3) is 5.82 Å². The number of nitrogens with zero attached hydrogens (tertiary/aromatic N) is 4. The number of benzene rings is 2. The summed E-state index contributed by atoms with van der Waals surface area (Å²) in [6.45, 7) is 4.02. The van der Waals surface area contributed by atoms with Crippen molar-refractivity contribution in [3.8, 4) is 22.5 Å². The maximum absolute atomic E-state index is 12.8. The predicted octanol–water partition coefficient (Wildman–Crippen LogP) is 6.05. The highest BCUT2D eigenvalue weighted by molar-refractivity contribution is 6.02. The highest BCUT2D eigenvalue weighted by atomic mass is 16.1. The summed E-state index contributed by atoms with van der Waals surface area (Å²) in [7, 11) is 0. The van der Waals surface area contributed by atoms with Gasteiger partial charge in [-0.05, 0) is 36.8 Å². The van der Waals surface area contributed by atoms with Gasteiger partial charge in [0.05, 0.1) is 23.2 Å². The van der Waals surface area contributed by atoms with Crippen LogP contribution in [0, 0.1) is 5.41 Å². The van der Waals surface area contributed by atoms with E-state index >= 15 is 0 Å². The SMILES string of the molecule is CC1(C)CCc2nc([N+]3=CC(c4cc(-c5ccccc5)nc(-c5cccc(N)c5)c4)N=C3)ccc2C1=O. The number of hydrogen-bond donors (Lipinski definition) is 1. The van der Waals surface area contributed by atoms with Gasteiger partial charge in [0.2, 0.25) is 6.34 Å². The molecule has 6 rings (SSSR count). The second-order valence-electron chi connectivity index (χ2n) is 10.3. The summed E-state index contributed by atoms with van der Waals surface area (Å²) in [6.07, 6.45) is 5.46. The van der Waals surface area contributed by atoms with E-state index in [0.29, 0.717) is 5.69 Å². The van der Waals surface area contributed by atoms with E-state index in [1.54, 1.807) is 6.34 Å². The Kier molecular flexibility index (Phi) is 5.52. The number of anilines is 1. The van der Waals surface area contributed by atoms with Crippen molar-refractivity contribution in [2.75, 3.05) is 5.73 Å². The summed E-state index contributed by atoms with van der Waals surface area (Å²) in [4.78, 5) is 27.4. The van der Waals surface area contributed by atoms with E-state index in [-0.39, 0.29) is 17.2 Å². The van der Waals surface area contributed by atoms with Gasteiger partial charge in [-0.2, -0.15) is 0 Å². The van der Waals surface area contributed by atoms with E-state index < -0.39 is 0 Å². The first-order valence-corrected chi connectivity index (χ1v) is 12.5. The van der Waals surface area contributed by atoms with Gasteiger partial charge in [0.15, 0.2) is 11.8 Å². The van der Waals surface area contributed by atoms with E-state index in [0.717, 1.165) is 58.0 Å². The van der Waals surface area contributed by atoms with E-state index in [9.17, 15) is 4.79 Å². The van der Waals surface area contributed by atoms with Gasteiger partial charge in [-0.25, -0.2) is 9.56 Å². The summed E-state index contributed by atoms with van der Waals surface area (Å²) in [5, 5.41) is 0. The monoisotopic (exact) mass is 486 g/mol.